The standard InChI is InChI=1S/C15H18FN3O/c1-9-2-3-11-14(13(9)16)20-18-15(11)17-12-8-19-6-4-10(12)5-7-19/h2-3,10,12H,4-8H2,1H3,(H,17,18)/t12-/m1/s1. The Morgan fingerprint density at radius 1 is 1.35 bits per heavy atom. The third kappa shape index (κ3) is 1.80. The van der Waals surface area contributed by atoms with Gasteiger partial charge >= 0.3 is 0 Å². The van der Waals surface area contributed by atoms with Crippen LogP contribution in [-0.2, 0) is 0 Å². The van der Waals surface area contributed by atoms with Crippen LogP contribution in [0.15, 0.2) is 16.7 Å². The van der Waals surface area contributed by atoms with Crippen molar-refractivity contribution in [2.24, 2.45) is 5.92 Å². The highest BCUT2D eigenvalue weighted by Crippen LogP contribution is 2.32. The molecular weight excluding hydrogens is 257 g/mol. The fraction of sp³-hybridized carbons (Fsp3) is 0.533. The maximum absolute atomic E-state index is 14.0. The monoisotopic (exact) mass is 275 g/mol. The number of piperidine rings is 3. The first-order valence-electron chi connectivity index (χ1n) is 7.26. The van der Waals surface area contributed by atoms with Gasteiger partial charge in [0.05, 0.1) is 5.39 Å². The first-order valence-corrected chi connectivity index (χ1v) is 7.26. The highest BCUT2D eigenvalue weighted by molar-refractivity contribution is 5.89. The molecule has 2 aromatic rings. The van der Waals surface area contributed by atoms with Gasteiger partial charge in [-0.25, -0.2) is 4.39 Å². The highest BCUT2D eigenvalue weighted by Gasteiger charge is 2.34. The average Bonchev–Trinajstić information content (AvgIpc) is 2.88. The van der Waals surface area contributed by atoms with Crippen LogP contribution in [0.4, 0.5) is 10.2 Å². The zero-order chi connectivity index (χ0) is 13.7. The molecule has 5 heteroatoms. The summed E-state index contributed by atoms with van der Waals surface area (Å²) in [5.74, 6) is 1.07. The Morgan fingerprint density at radius 2 is 2.15 bits per heavy atom. The second-order valence-corrected chi connectivity index (χ2v) is 5.99. The van der Waals surface area contributed by atoms with E-state index >= 15 is 0 Å². The molecule has 3 saturated heterocycles. The van der Waals surface area contributed by atoms with Crippen LogP contribution in [0.3, 0.4) is 0 Å². The maximum Gasteiger partial charge on any atom is 0.204 e. The van der Waals surface area contributed by atoms with Crippen LogP contribution in [0.2, 0.25) is 0 Å². The van der Waals surface area contributed by atoms with E-state index in [4.69, 9.17) is 4.52 Å². The number of rotatable bonds is 2. The van der Waals surface area contributed by atoms with E-state index in [-0.39, 0.29) is 11.4 Å². The average molecular weight is 275 g/mol. The summed E-state index contributed by atoms with van der Waals surface area (Å²) in [5, 5.41) is 8.24. The molecular formula is C15H18FN3O. The molecule has 0 amide bonds. The van der Waals surface area contributed by atoms with Crippen molar-refractivity contribution in [1.29, 1.82) is 0 Å². The van der Waals surface area contributed by atoms with Gasteiger partial charge in [0.1, 0.15) is 0 Å². The molecule has 20 heavy (non-hydrogen) atoms. The van der Waals surface area contributed by atoms with Crippen molar-refractivity contribution in [1.82, 2.24) is 10.1 Å². The van der Waals surface area contributed by atoms with Crippen molar-refractivity contribution in [2.45, 2.75) is 25.8 Å². The Bertz CT molecular complexity index is 646. The lowest BCUT2D eigenvalue weighted by atomic mass is 9.84. The number of hydrogen-bond donors (Lipinski definition) is 1. The fourth-order valence-electron chi connectivity index (χ4n) is 3.48. The molecule has 3 fully saturated rings. The van der Waals surface area contributed by atoms with Gasteiger partial charge in [0.2, 0.25) is 5.58 Å². The maximum atomic E-state index is 14.0. The van der Waals surface area contributed by atoms with Crippen molar-refractivity contribution in [3.05, 3.63) is 23.5 Å². The summed E-state index contributed by atoms with van der Waals surface area (Å²) in [5.41, 5.74) is 0.844. The summed E-state index contributed by atoms with van der Waals surface area (Å²) < 4.78 is 19.2. The molecule has 106 valence electrons. The fourth-order valence-corrected chi connectivity index (χ4v) is 3.48. The van der Waals surface area contributed by atoms with E-state index in [1.165, 1.54) is 25.9 Å². The van der Waals surface area contributed by atoms with Gasteiger partial charge in [-0.3, -0.25) is 0 Å². The summed E-state index contributed by atoms with van der Waals surface area (Å²) in [6, 6.07) is 4.06. The molecule has 0 unspecified atom stereocenters. The lowest BCUT2D eigenvalue weighted by Crippen LogP contribution is -2.53. The van der Waals surface area contributed by atoms with Gasteiger partial charge in [-0.05, 0) is 50.4 Å². The van der Waals surface area contributed by atoms with Crippen LogP contribution in [0, 0.1) is 18.7 Å². The van der Waals surface area contributed by atoms with Crippen LogP contribution in [0.25, 0.3) is 11.0 Å². The topological polar surface area (TPSA) is 41.3 Å². The molecule has 1 aromatic heterocycles. The van der Waals surface area contributed by atoms with E-state index in [9.17, 15) is 4.39 Å². The number of anilines is 1. The molecule has 1 N–H and O–H groups in total. The van der Waals surface area contributed by atoms with Crippen molar-refractivity contribution in [3.63, 3.8) is 0 Å². The van der Waals surface area contributed by atoms with Crippen molar-refractivity contribution < 1.29 is 8.91 Å². The molecule has 1 aromatic carbocycles. The zero-order valence-electron chi connectivity index (χ0n) is 11.5. The van der Waals surface area contributed by atoms with Gasteiger partial charge in [0, 0.05) is 12.6 Å². The quantitative estimate of drug-likeness (QED) is 0.915. The van der Waals surface area contributed by atoms with Gasteiger partial charge in [-0.15, -0.1) is 0 Å². The minimum absolute atomic E-state index is 0.258. The molecule has 4 nitrogen and oxygen atoms in total. The predicted molar refractivity (Wildman–Crippen MR) is 75.3 cm³/mol. The molecule has 5 rings (SSSR count). The number of fused-ring (bicyclic) bond motifs is 4. The number of hydrogen-bond acceptors (Lipinski definition) is 4. The summed E-state index contributed by atoms with van der Waals surface area (Å²) in [6.45, 7) is 5.19. The lowest BCUT2D eigenvalue weighted by Gasteiger charge is -2.44. The second kappa shape index (κ2) is 4.45. The summed E-state index contributed by atoms with van der Waals surface area (Å²) in [7, 11) is 0. The number of halogens is 1. The van der Waals surface area contributed by atoms with Gasteiger partial charge in [-0.1, -0.05) is 11.2 Å². The number of benzene rings is 1. The lowest BCUT2D eigenvalue weighted by molar-refractivity contribution is 0.0973. The van der Waals surface area contributed by atoms with Gasteiger partial charge in [-0.2, -0.15) is 0 Å². The molecule has 2 bridgehead atoms. The van der Waals surface area contributed by atoms with Crippen LogP contribution in [0.1, 0.15) is 18.4 Å². The van der Waals surface area contributed by atoms with Crippen molar-refractivity contribution in [2.75, 3.05) is 25.0 Å². The Labute approximate surface area is 116 Å². The normalized spacial score (nSPS) is 29.0. The highest BCUT2D eigenvalue weighted by atomic mass is 19.1. The molecule has 0 saturated carbocycles. The van der Waals surface area contributed by atoms with E-state index in [2.05, 4.69) is 15.4 Å². The minimum Gasteiger partial charge on any atom is -0.362 e. The summed E-state index contributed by atoms with van der Waals surface area (Å²) >= 11 is 0. The Hall–Kier alpha value is -1.62. The third-order valence-electron chi connectivity index (χ3n) is 4.75. The predicted octanol–water partition coefficient (Wildman–Crippen LogP) is 2.78. The Morgan fingerprint density at radius 3 is 2.85 bits per heavy atom. The Kier molecular flexibility index (Phi) is 2.70. The van der Waals surface area contributed by atoms with Crippen LogP contribution in [-0.4, -0.2) is 35.7 Å². The van der Waals surface area contributed by atoms with Gasteiger partial charge < -0.3 is 14.7 Å². The number of nitrogens with one attached hydrogen (secondary N) is 1. The third-order valence-corrected chi connectivity index (χ3v) is 4.75. The van der Waals surface area contributed by atoms with E-state index in [0.29, 0.717) is 23.3 Å². The number of aryl methyl sites for hydroxylation is 1. The van der Waals surface area contributed by atoms with E-state index in [0.717, 1.165) is 11.9 Å². The van der Waals surface area contributed by atoms with Crippen LogP contribution < -0.4 is 5.32 Å². The largest absolute Gasteiger partial charge is 0.362 e. The molecule has 1 atom stereocenters. The smallest absolute Gasteiger partial charge is 0.204 e. The first-order chi connectivity index (χ1) is 9.72. The SMILES string of the molecule is Cc1ccc2c(N[C@@H]3CN4CCC3CC4)noc2c1F. The van der Waals surface area contributed by atoms with Crippen LogP contribution in [0.5, 0.6) is 0 Å². The van der Waals surface area contributed by atoms with E-state index in [1.54, 1.807) is 13.0 Å². The molecule has 0 spiro atoms. The van der Waals surface area contributed by atoms with Gasteiger partial charge in [0.25, 0.3) is 0 Å². The van der Waals surface area contributed by atoms with Crippen molar-refractivity contribution in [3.8, 4) is 0 Å². The van der Waals surface area contributed by atoms with Gasteiger partial charge in [0.15, 0.2) is 11.6 Å². The zero-order valence-corrected chi connectivity index (χ0v) is 11.5. The molecule has 0 aliphatic carbocycles. The first kappa shape index (κ1) is 12.1. The molecule has 0 radical (unpaired) electrons. The molecule has 3 aliphatic heterocycles. The number of nitrogens with zero attached hydrogens (tertiary/aromatic N) is 2. The van der Waals surface area contributed by atoms with Crippen molar-refractivity contribution >= 4 is 16.8 Å². The molecule has 4 heterocycles. The number of aromatic nitrogens is 1. The summed E-state index contributed by atoms with van der Waals surface area (Å²) in [4.78, 5) is 2.48. The van der Waals surface area contributed by atoms with Crippen LogP contribution >= 0.6 is 0 Å². The Balaban J connectivity index is 1.65. The summed E-state index contributed by atoms with van der Waals surface area (Å²) in [6.07, 6.45) is 2.47. The minimum atomic E-state index is -0.308. The van der Waals surface area contributed by atoms with E-state index < -0.39 is 0 Å². The van der Waals surface area contributed by atoms with E-state index in [1.807, 2.05) is 6.07 Å². The molecule has 3 aliphatic rings. The second-order valence-electron chi connectivity index (χ2n) is 5.99.